The van der Waals surface area contributed by atoms with E-state index in [0.717, 1.165) is 6.54 Å². The number of carbonyl (C=O) groups excluding carboxylic acids is 1. The Morgan fingerprint density at radius 1 is 1.41 bits per heavy atom. The molecule has 92 valence electrons. The molecule has 0 bridgehead atoms. The first-order valence-electron chi connectivity index (χ1n) is 5.09. The summed E-state index contributed by atoms with van der Waals surface area (Å²) in [6.07, 6.45) is 0. The van der Waals surface area contributed by atoms with Gasteiger partial charge in [-0.15, -0.1) is 12.4 Å². The standard InChI is InChI=1S/C12H15N3O.ClH/c1-14-7-8-15(2)12(16)11-5-3-10(9-13)4-6-11;/h3-6,14H,7-8H2,1-2H3;1H. The lowest BCUT2D eigenvalue weighted by Gasteiger charge is -2.16. The summed E-state index contributed by atoms with van der Waals surface area (Å²) in [4.78, 5) is 13.5. The number of nitrogens with one attached hydrogen (secondary N) is 1. The molecule has 0 aliphatic rings. The molecule has 0 radical (unpaired) electrons. The number of rotatable bonds is 4. The van der Waals surface area contributed by atoms with E-state index >= 15 is 0 Å². The lowest BCUT2D eigenvalue weighted by atomic mass is 10.1. The van der Waals surface area contributed by atoms with E-state index in [0.29, 0.717) is 17.7 Å². The zero-order valence-electron chi connectivity index (χ0n) is 9.93. The first-order chi connectivity index (χ1) is 7.69. The minimum absolute atomic E-state index is 0. The summed E-state index contributed by atoms with van der Waals surface area (Å²) in [5, 5.41) is 11.6. The minimum atomic E-state index is -0.0280. The molecule has 0 heterocycles. The summed E-state index contributed by atoms with van der Waals surface area (Å²) in [5.74, 6) is -0.0280. The van der Waals surface area contributed by atoms with Gasteiger partial charge in [-0.05, 0) is 31.3 Å². The van der Waals surface area contributed by atoms with Gasteiger partial charge >= 0.3 is 0 Å². The van der Waals surface area contributed by atoms with Gasteiger partial charge in [-0.3, -0.25) is 4.79 Å². The van der Waals surface area contributed by atoms with E-state index in [2.05, 4.69) is 5.32 Å². The van der Waals surface area contributed by atoms with Gasteiger partial charge in [-0.2, -0.15) is 5.26 Å². The molecular formula is C12H16ClN3O. The molecule has 1 amide bonds. The lowest BCUT2D eigenvalue weighted by molar-refractivity contribution is 0.0797. The van der Waals surface area contributed by atoms with E-state index in [1.807, 2.05) is 13.1 Å². The van der Waals surface area contributed by atoms with Crippen LogP contribution in [0.15, 0.2) is 24.3 Å². The summed E-state index contributed by atoms with van der Waals surface area (Å²) >= 11 is 0. The number of benzene rings is 1. The van der Waals surface area contributed by atoms with Gasteiger partial charge in [0, 0.05) is 25.7 Å². The van der Waals surface area contributed by atoms with Crippen molar-refractivity contribution in [3.63, 3.8) is 0 Å². The average Bonchev–Trinajstić information content (AvgIpc) is 2.35. The van der Waals surface area contributed by atoms with Crippen molar-refractivity contribution in [1.29, 1.82) is 5.26 Å². The maximum Gasteiger partial charge on any atom is 0.253 e. The van der Waals surface area contributed by atoms with E-state index in [1.165, 1.54) is 0 Å². The highest BCUT2D eigenvalue weighted by molar-refractivity contribution is 5.94. The molecule has 4 nitrogen and oxygen atoms in total. The molecule has 0 aromatic heterocycles. The molecule has 1 rings (SSSR count). The fraction of sp³-hybridized carbons (Fsp3) is 0.333. The van der Waals surface area contributed by atoms with E-state index in [9.17, 15) is 4.79 Å². The third-order valence-corrected chi connectivity index (χ3v) is 2.30. The number of hydrogen-bond acceptors (Lipinski definition) is 3. The second-order valence-electron chi connectivity index (χ2n) is 3.52. The Morgan fingerprint density at radius 2 is 2.00 bits per heavy atom. The maximum absolute atomic E-state index is 11.9. The highest BCUT2D eigenvalue weighted by atomic mass is 35.5. The van der Waals surface area contributed by atoms with Gasteiger partial charge in [0.05, 0.1) is 11.6 Å². The smallest absolute Gasteiger partial charge is 0.253 e. The highest BCUT2D eigenvalue weighted by Crippen LogP contribution is 2.05. The molecule has 5 heteroatoms. The van der Waals surface area contributed by atoms with Gasteiger partial charge in [0.25, 0.3) is 5.91 Å². The van der Waals surface area contributed by atoms with Crippen LogP contribution in [-0.2, 0) is 0 Å². The van der Waals surface area contributed by atoms with Gasteiger partial charge in [0.1, 0.15) is 0 Å². The van der Waals surface area contributed by atoms with E-state index < -0.39 is 0 Å². The normalized spacial score (nSPS) is 9.00. The largest absolute Gasteiger partial charge is 0.340 e. The van der Waals surface area contributed by atoms with Crippen LogP contribution >= 0.6 is 12.4 Å². The van der Waals surface area contributed by atoms with Crippen LogP contribution in [0.5, 0.6) is 0 Å². The fourth-order valence-corrected chi connectivity index (χ4v) is 1.29. The number of likely N-dealkylation sites (N-methyl/N-ethyl adjacent to an activating group) is 2. The number of nitrogens with zero attached hydrogens (tertiary/aromatic N) is 2. The van der Waals surface area contributed by atoms with Crippen LogP contribution in [0.2, 0.25) is 0 Å². The molecular weight excluding hydrogens is 238 g/mol. The summed E-state index contributed by atoms with van der Waals surface area (Å²) < 4.78 is 0. The van der Waals surface area contributed by atoms with Crippen molar-refractivity contribution in [3.8, 4) is 6.07 Å². The van der Waals surface area contributed by atoms with Crippen LogP contribution in [0.1, 0.15) is 15.9 Å². The van der Waals surface area contributed by atoms with Crippen LogP contribution in [0.4, 0.5) is 0 Å². The number of halogens is 1. The van der Waals surface area contributed by atoms with E-state index in [4.69, 9.17) is 5.26 Å². The Morgan fingerprint density at radius 3 is 2.47 bits per heavy atom. The predicted octanol–water partition coefficient (Wildman–Crippen LogP) is 1.27. The van der Waals surface area contributed by atoms with E-state index in [-0.39, 0.29) is 18.3 Å². The molecule has 0 spiro atoms. The highest BCUT2D eigenvalue weighted by Gasteiger charge is 2.10. The number of carbonyl (C=O) groups is 1. The van der Waals surface area contributed by atoms with Gasteiger partial charge in [-0.25, -0.2) is 0 Å². The summed E-state index contributed by atoms with van der Waals surface area (Å²) in [5.41, 5.74) is 1.17. The van der Waals surface area contributed by atoms with Crippen LogP contribution in [0.25, 0.3) is 0 Å². The molecule has 1 aromatic carbocycles. The molecule has 0 saturated heterocycles. The Kier molecular flexibility index (Phi) is 6.95. The fourth-order valence-electron chi connectivity index (χ4n) is 1.29. The third-order valence-electron chi connectivity index (χ3n) is 2.30. The SMILES string of the molecule is CNCCN(C)C(=O)c1ccc(C#N)cc1.Cl. The molecule has 1 N–H and O–H groups in total. The summed E-state index contributed by atoms with van der Waals surface area (Å²) in [6.45, 7) is 1.42. The summed E-state index contributed by atoms with van der Waals surface area (Å²) in [7, 11) is 3.61. The van der Waals surface area contributed by atoms with Gasteiger partial charge in [-0.1, -0.05) is 0 Å². The molecule has 1 aromatic rings. The molecule has 0 aliphatic carbocycles. The molecule has 0 aliphatic heterocycles. The zero-order valence-corrected chi connectivity index (χ0v) is 10.8. The monoisotopic (exact) mass is 253 g/mol. The molecule has 17 heavy (non-hydrogen) atoms. The quantitative estimate of drug-likeness (QED) is 0.879. The molecule has 0 unspecified atom stereocenters. The van der Waals surface area contributed by atoms with Crippen LogP contribution < -0.4 is 5.32 Å². The van der Waals surface area contributed by atoms with Crippen molar-refractivity contribution >= 4 is 18.3 Å². The predicted molar refractivity (Wildman–Crippen MR) is 69.3 cm³/mol. The van der Waals surface area contributed by atoms with Crippen molar-refractivity contribution in [2.24, 2.45) is 0 Å². The Bertz CT molecular complexity index is 397. The van der Waals surface area contributed by atoms with Crippen molar-refractivity contribution in [2.45, 2.75) is 0 Å². The van der Waals surface area contributed by atoms with Crippen LogP contribution in [0.3, 0.4) is 0 Å². The number of amides is 1. The van der Waals surface area contributed by atoms with Crippen molar-refractivity contribution in [3.05, 3.63) is 35.4 Å². The first kappa shape index (κ1) is 15.4. The number of nitriles is 1. The Balaban J connectivity index is 0.00000256. The maximum atomic E-state index is 11.9. The molecule has 0 saturated carbocycles. The second kappa shape index (κ2) is 7.66. The van der Waals surface area contributed by atoms with Crippen LogP contribution in [-0.4, -0.2) is 38.0 Å². The second-order valence-corrected chi connectivity index (χ2v) is 3.52. The Labute approximate surface area is 108 Å². The average molecular weight is 254 g/mol. The number of hydrogen-bond donors (Lipinski definition) is 1. The zero-order chi connectivity index (χ0) is 12.0. The van der Waals surface area contributed by atoms with Gasteiger partial charge in [0.15, 0.2) is 0 Å². The van der Waals surface area contributed by atoms with Gasteiger partial charge in [0.2, 0.25) is 0 Å². The van der Waals surface area contributed by atoms with Crippen molar-refractivity contribution in [2.75, 3.05) is 27.2 Å². The van der Waals surface area contributed by atoms with Crippen molar-refractivity contribution < 1.29 is 4.79 Å². The third kappa shape index (κ3) is 4.43. The lowest BCUT2D eigenvalue weighted by Crippen LogP contribution is -2.32. The molecule has 0 atom stereocenters. The molecule has 0 fully saturated rings. The Hall–Kier alpha value is -1.57. The van der Waals surface area contributed by atoms with E-state index in [1.54, 1.807) is 36.2 Å². The summed E-state index contributed by atoms with van der Waals surface area (Å²) in [6, 6.07) is 8.68. The topological polar surface area (TPSA) is 56.1 Å². The van der Waals surface area contributed by atoms with Crippen LogP contribution in [0, 0.1) is 11.3 Å². The van der Waals surface area contributed by atoms with Gasteiger partial charge < -0.3 is 10.2 Å². The first-order valence-corrected chi connectivity index (χ1v) is 5.09. The van der Waals surface area contributed by atoms with Crippen molar-refractivity contribution in [1.82, 2.24) is 10.2 Å². The minimum Gasteiger partial charge on any atom is -0.340 e.